The molecule has 0 fully saturated rings. The number of carbonyl (C=O) groups is 1. The molecule has 1 amide bonds. The highest BCUT2D eigenvalue weighted by molar-refractivity contribution is 7.99. The Hall–Kier alpha value is -2.42. The molecule has 1 aliphatic heterocycles. The Morgan fingerprint density at radius 1 is 1.32 bits per heavy atom. The van der Waals surface area contributed by atoms with Gasteiger partial charge < -0.3 is 20.2 Å². The van der Waals surface area contributed by atoms with Crippen LogP contribution < -0.4 is 15.3 Å². The lowest BCUT2D eigenvalue weighted by molar-refractivity contribution is -0.128. The van der Waals surface area contributed by atoms with Crippen LogP contribution in [0.4, 0.5) is 0 Å². The number of ether oxygens (including phenoxy) is 2. The average molecular weight is 363 g/mol. The van der Waals surface area contributed by atoms with Crippen molar-refractivity contribution in [3.05, 3.63) is 29.6 Å². The van der Waals surface area contributed by atoms with Crippen LogP contribution in [0.3, 0.4) is 0 Å². The number of thioether (sulfide) groups is 1. The maximum Gasteiger partial charge on any atom is 0.233 e. The van der Waals surface area contributed by atoms with Crippen LogP contribution in [0.25, 0.3) is 0 Å². The first kappa shape index (κ1) is 17.4. The molecule has 0 saturated carbocycles. The van der Waals surface area contributed by atoms with Crippen LogP contribution in [-0.4, -0.2) is 51.2 Å². The molecule has 9 heteroatoms. The normalized spacial score (nSPS) is 12.9. The van der Waals surface area contributed by atoms with Gasteiger partial charge in [0.05, 0.1) is 5.75 Å². The van der Waals surface area contributed by atoms with Gasteiger partial charge in [0.25, 0.3) is 0 Å². The number of benzene rings is 1. The predicted molar refractivity (Wildman–Crippen MR) is 94.2 cm³/mol. The summed E-state index contributed by atoms with van der Waals surface area (Å²) < 4.78 is 12.5. The number of hydrogen-bond acceptors (Lipinski definition) is 7. The molecule has 2 N–H and O–H groups in total. The molecule has 3 rings (SSSR count). The molecular formula is C16H21N5O3S. The van der Waals surface area contributed by atoms with Gasteiger partial charge in [0.1, 0.15) is 19.0 Å². The van der Waals surface area contributed by atoms with E-state index in [-0.39, 0.29) is 11.7 Å². The second-order valence-electron chi connectivity index (χ2n) is 5.57. The Labute approximate surface area is 150 Å². The minimum atomic E-state index is 0.0167. The van der Waals surface area contributed by atoms with Crippen molar-refractivity contribution in [2.75, 3.05) is 31.4 Å². The monoisotopic (exact) mass is 363 g/mol. The van der Waals surface area contributed by atoms with Gasteiger partial charge in [-0.15, -0.1) is 10.2 Å². The van der Waals surface area contributed by atoms with Crippen molar-refractivity contribution < 1.29 is 14.3 Å². The molecule has 1 aromatic carbocycles. The zero-order valence-corrected chi connectivity index (χ0v) is 15.1. The van der Waals surface area contributed by atoms with E-state index in [2.05, 4.69) is 10.2 Å². The highest BCUT2D eigenvalue weighted by Gasteiger charge is 2.17. The fraction of sp³-hybridized carbons (Fsp3) is 0.438. The summed E-state index contributed by atoms with van der Waals surface area (Å²) in [7, 11) is 0. The summed E-state index contributed by atoms with van der Waals surface area (Å²) >= 11 is 1.28. The number of nitrogens with zero attached hydrogens (tertiary/aromatic N) is 4. The Balaban J connectivity index is 1.61. The summed E-state index contributed by atoms with van der Waals surface area (Å²) in [4.78, 5) is 14.3. The Morgan fingerprint density at radius 2 is 2.08 bits per heavy atom. The first-order chi connectivity index (χ1) is 12.1. The maximum absolute atomic E-state index is 12.5. The van der Waals surface area contributed by atoms with Gasteiger partial charge in [0, 0.05) is 13.1 Å². The van der Waals surface area contributed by atoms with Crippen molar-refractivity contribution in [3.8, 4) is 11.5 Å². The molecule has 1 aromatic heterocycles. The molecular weight excluding hydrogens is 342 g/mol. The van der Waals surface area contributed by atoms with Gasteiger partial charge in [0.15, 0.2) is 11.5 Å². The van der Waals surface area contributed by atoms with E-state index in [9.17, 15) is 4.79 Å². The fourth-order valence-corrected chi connectivity index (χ4v) is 3.25. The van der Waals surface area contributed by atoms with Crippen LogP contribution in [-0.2, 0) is 11.3 Å². The third-order valence-corrected chi connectivity index (χ3v) is 4.80. The fourth-order valence-electron chi connectivity index (χ4n) is 2.45. The summed E-state index contributed by atoms with van der Waals surface area (Å²) in [5.74, 6) is 8.17. The number of rotatable bonds is 6. The third kappa shape index (κ3) is 3.98. The smallest absolute Gasteiger partial charge is 0.233 e. The highest BCUT2D eigenvalue weighted by atomic mass is 32.2. The number of nitrogen functional groups attached to an aromatic ring is 1. The maximum atomic E-state index is 12.5. The van der Waals surface area contributed by atoms with Crippen LogP contribution in [0.1, 0.15) is 18.3 Å². The van der Waals surface area contributed by atoms with Crippen molar-refractivity contribution in [3.63, 3.8) is 0 Å². The minimum Gasteiger partial charge on any atom is -0.486 e. The molecule has 0 saturated heterocycles. The number of carbonyl (C=O) groups excluding carboxylic acids is 1. The lowest BCUT2D eigenvalue weighted by atomic mass is 10.2. The molecule has 0 radical (unpaired) electrons. The molecule has 2 aromatic rings. The molecule has 0 aliphatic carbocycles. The minimum absolute atomic E-state index is 0.0167. The number of aryl methyl sites for hydroxylation is 1. The van der Waals surface area contributed by atoms with E-state index in [0.29, 0.717) is 37.3 Å². The number of aromatic nitrogens is 3. The van der Waals surface area contributed by atoms with Gasteiger partial charge in [-0.2, -0.15) is 0 Å². The van der Waals surface area contributed by atoms with Crippen molar-refractivity contribution in [2.45, 2.75) is 25.5 Å². The average Bonchev–Trinajstić information content (AvgIpc) is 2.96. The standard InChI is InChI=1S/C16H21N5O3S/c1-3-20(15(22)10-25-16-19-18-11(2)21(16)17)9-12-4-5-13-14(8-12)24-7-6-23-13/h4-5,8H,3,6-7,9-10,17H2,1-2H3. The van der Waals surface area contributed by atoms with Gasteiger partial charge >= 0.3 is 0 Å². The van der Waals surface area contributed by atoms with Crippen LogP contribution in [0.5, 0.6) is 11.5 Å². The highest BCUT2D eigenvalue weighted by Crippen LogP contribution is 2.31. The predicted octanol–water partition coefficient (Wildman–Crippen LogP) is 1.21. The van der Waals surface area contributed by atoms with E-state index in [4.69, 9.17) is 15.3 Å². The molecule has 0 atom stereocenters. The summed E-state index contributed by atoms with van der Waals surface area (Å²) in [6.45, 7) is 5.95. The van der Waals surface area contributed by atoms with E-state index >= 15 is 0 Å². The number of nitrogens with two attached hydrogens (primary N) is 1. The Bertz CT molecular complexity index is 764. The second kappa shape index (κ2) is 7.64. The molecule has 0 unspecified atom stereocenters. The molecule has 0 bridgehead atoms. The summed E-state index contributed by atoms with van der Waals surface area (Å²) in [6.07, 6.45) is 0. The number of hydrogen-bond donors (Lipinski definition) is 1. The van der Waals surface area contributed by atoms with Gasteiger partial charge in [0.2, 0.25) is 11.1 Å². The number of fused-ring (bicyclic) bond motifs is 1. The lowest BCUT2D eigenvalue weighted by Crippen LogP contribution is -2.32. The zero-order chi connectivity index (χ0) is 17.8. The molecule has 0 spiro atoms. The Morgan fingerprint density at radius 3 is 2.76 bits per heavy atom. The Kier molecular flexibility index (Phi) is 5.32. The third-order valence-electron chi connectivity index (χ3n) is 3.87. The van der Waals surface area contributed by atoms with Crippen LogP contribution in [0, 0.1) is 6.92 Å². The summed E-state index contributed by atoms with van der Waals surface area (Å²) in [5, 5.41) is 8.37. The van der Waals surface area contributed by atoms with Gasteiger partial charge in [-0.1, -0.05) is 17.8 Å². The van der Waals surface area contributed by atoms with Crippen molar-refractivity contribution in [2.24, 2.45) is 0 Å². The topological polar surface area (TPSA) is 95.5 Å². The molecule has 1 aliphatic rings. The first-order valence-corrected chi connectivity index (χ1v) is 9.03. The van der Waals surface area contributed by atoms with Crippen LogP contribution in [0.2, 0.25) is 0 Å². The SMILES string of the molecule is CCN(Cc1ccc2c(c1)OCCO2)C(=O)CSc1nnc(C)n1N. The van der Waals surface area contributed by atoms with Crippen molar-refractivity contribution in [1.29, 1.82) is 0 Å². The number of amides is 1. The second-order valence-corrected chi connectivity index (χ2v) is 6.52. The van der Waals surface area contributed by atoms with E-state index in [1.807, 2.05) is 25.1 Å². The summed E-state index contributed by atoms with van der Waals surface area (Å²) in [5.41, 5.74) is 1.00. The summed E-state index contributed by atoms with van der Waals surface area (Å²) in [6, 6.07) is 5.77. The van der Waals surface area contributed by atoms with E-state index in [1.54, 1.807) is 11.8 Å². The van der Waals surface area contributed by atoms with Crippen LogP contribution in [0.15, 0.2) is 23.4 Å². The largest absolute Gasteiger partial charge is 0.486 e. The van der Waals surface area contributed by atoms with Gasteiger partial charge in [-0.25, -0.2) is 4.68 Å². The van der Waals surface area contributed by atoms with E-state index in [0.717, 1.165) is 17.1 Å². The van der Waals surface area contributed by atoms with E-state index < -0.39 is 0 Å². The molecule has 134 valence electrons. The molecule has 8 nitrogen and oxygen atoms in total. The van der Waals surface area contributed by atoms with Crippen molar-refractivity contribution >= 4 is 17.7 Å². The zero-order valence-electron chi connectivity index (χ0n) is 14.3. The van der Waals surface area contributed by atoms with Gasteiger partial charge in [-0.3, -0.25) is 4.79 Å². The quantitative estimate of drug-likeness (QED) is 0.609. The van der Waals surface area contributed by atoms with Gasteiger partial charge in [-0.05, 0) is 31.5 Å². The van der Waals surface area contributed by atoms with Crippen LogP contribution >= 0.6 is 11.8 Å². The van der Waals surface area contributed by atoms with E-state index in [1.165, 1.54) is 16.4 Å². The first-order valence-electron chi connectivity index (χ1n) is 8.04. The lowest BCUT2D eigenvalue weighted by Gasteiger charge is -2.23. The van der Waals surface area contributed by atoms with Crippen molar-refractivity contribution in [1.82, 2.24) is 19.8 Å². The molecule has 2 heterocycles. The molecule has 25 heavy (non-hydrogen) atoms.